The molecule has 0 saturated carbocycles. The number of benzene rings is 1. The number of aromatic hydroxyl groups is 2. The van der Waals surface area contributed by atoms with Crippen LogP contribution in [0.15, 0.2) is 18.2 Å². The third-order valence-corrected chi connectivity index (χ3v) is 1.85. The molecule has 0 unspecified atom stereocenters. The van der Waals surface area contributed by atoms with Gasteiger partial charge in [-0.1, -0.05) is 0 Å². The topological polar surface area (TPSA) is 67.6 Å². The van der Waals surface area contributed by atoms with Gasteiger partial charge in [0.15, 0.2) is 11.5 Å². The lowest BCUT2D eigenvalue weighted by Crippen LogP contribution is -2.21. The Morgan fingerprint density at radius 3 is 2.38 bits per heavy atom. The van der Waals surface area contributed by atoms with Crippen molar-refractivity contribution in [2.75, 3.05) is 11.9 Å². The first-order valence-electron chi connectivity index (χ1n) is 3.83. The Morgan fingerprint density at radius 1 is 1.31 bits per heavy atom. The van der Waals surface area contributed by atoms with E-state index in [1.165, 1.54) is 12.1 Å². The molecule has 13 heavy (non-hydrogen) atoms. The van der Waals surface area contributed by atoms with Gasteiger partial charge in [-0.3, -0.25) is 5.41 Å². The van der Waals surface area contributed by atoms with Crippen molar-refractivity contribution in [1.82, 2.24) is 0 Å². The number of hydrogen-bond acceptors (Lipinski definition) is 3. The number of rotatable bonds is 1. The fourth-order valence-electron chi connectivity index (χ4n) is 0.914. The summed E-state index contributed by atoms with van der Waals surface area (Å²) >= 11 is 0. The van der Waals surface area contributed by atoms with Crippen molar-refractivity contribution in [1.29, 1.82) is 5.41 Å². The summed E-state index contributed by atoms with van der Waals surface area (Å²) in [7, 11) is 1.72. The third kappa shape index (κ3) is 1.90. The summed E-state index contributed by atoms with van der Waals surface area (Å²) in [6.07, 6.45) is 0. The van der Waals surface area contributed by atoms with Gasteiger partial charge in [0.1, 0.15) is 0 Å². The van der Waals surface area contributed by atoms with Crippen LogP contribution in [0.2, 0.25) is 0 Å². The first-order chi connectivity index (χ1) is 6.02. The van der Waals surface area contributed by atoms with E-state index in [1.807, 2.05) is 0 Å². The molecule has 1 rings (SSSR count). The van der Waals surface area contributed by atoms with Crippen LogP contribution in [-0.4, -0.2) is 23.1 Å². The molecule has 1 aromatic carbocycles. The van der Waals surface area contributed by atoms with Gasteiger partial charge in [-0.05, 0) is 19.1 Å². The highest BCUT2D eigenvalue weighted by Crippen LogP contribution is 2.28. The van der Waals surface area contributed by atoms with Crippen LogP contribution in [0.3, 0.4) is 0 Å². The molecular formula is C9H12N2O2. The summed E-state index contributed by atoms with van der Waals surface area (Å²) in [6, 6.07) is 4.44. The Bertz CT molecular complexity index is 336. The monoisotopic (exact) mass is 180 g/mol. The Balaban J connectivity index is 3.03. The van der Waals surface area contributed by atoms with Crippen LogP contribution >= 0.6 is 0 Å². The number of phenols is 2. The summed E-state index contributed by atoms with van der Waals surface area (Å²) in [5.41, 5.74) is 0.669. The van der Waals surface area contributed by atoms with E-state index in [-0.39, 0.29) is 11.5 Å². The standard InChI is InChI=1S/C9H12N2O2/c1-6(10)11(2)7-3-4-8(12)9(13)5-7/h3-5,10,12-13H,1-2H3. The summed E-state index contributed by atoms with van der Waals surface area (Å²) < 4.78 is 0. The van der Waals surface area contributed by atoms with Crippen molar-refractivity contribution in [3.8, 4) is 11.5 Å². The summed E-state index contributed by atoms with van der Waals surface area (Å²) in [5, 5.41) is 25.6. The predicted octanol–water partition coefficient (Wildman–Crippen LogP) is 1.53. The van der Waals surface area contributed by atoms with Gasteiger partial charge in [0.05, 0.1) is 5.84 Å². The predicted molar refractivity (Wildman–Crippen MR) is 51.6 cm³/mol. The van der Waals surface area contributed by atoms with Crippen LogP contribution in [-0.2, 0) is 0 Å². The lowest BCUT2D eigenvalue weighted by molar-refractivity contribution is 0.404. The van der Waals surface area contributed by atoms with Crippen molar-refractivity contribution in [2.24, 2.45) is 0 Å². The minimum Gasteiger partial charge on any atom is -0.504 e. The van der Waals surface area contributed by atoms with Crippen molar-refractivity contribution in [2.45, 2.75) is 6.92 Å². The summed E-state index contributed by atoms with van der Waals surface area (Å²) in [4.78, 5) is 1.60. The molecular weight excluding hydrogens is 168 g/mol. The molecule has 0 aliphatic rings. The van der Waals surface area contributed by atoms with Gasteiger partial charge < -0.3 is 15.1 Å². The van der Waals surface area contributed by atoms with Crippen molar-refractivity contribution in [3.05, 3.63) is 18.2 Å². The van der Waals surface area contributed by atoms with Crippen LogP contribution < -0.4 is 4.90 Å². The summed E-state index contributed by atoms with van der Waals surface area (Å²) in [5.74, 6) is 0.0375. The van der Waals surface area contributed by atoms with Crippen molar-refractivity contribution < 1.29 is 10.2 Å². The van der Waals surface area contributed by atoms with E-state index >= 15 is 0 Å². The molecule has 4 nitrogen and oxygen atoms in total. The van der Waals surface area contributed by atoms with Gasteiger partial charge in [-0.2, -0.15) is 0 Å². The van der Waals surface area contributed by atoms with Gasteiger partial charge in [0.25, 0.3) is 0 Å². The largest absolute Gasteiger partial charge is 0.504 e. The van der Waals surface area contributed by atoms with E-state index in [4.69, 9.17) is 10.5 Å². The SMILES string of the molecule is CC(=N)N(C)c1ccc(O)c(O)c1. The van der Waals surface area contributed by atoms with Gasteiger partial charge in [0, 0.05) is 18.8 Å². The second-order valence-corrected chi connectivity index (χ2v) is 2.82. The number of phenolic OH excluding ortho intramolecular Hbond substituents is 2. The summed E-state index contributed by atoms with van der Waals surface area (Å²) in [6.45, 7) is 1.64. The molecule has 0 spiro atoms. The number of nitrogens with zero attached hydrogens (tertiary/aromatic N) is 1. The number of hydrogen-bond donors (Lipinski definition) is 3. The highest BCUT2D eigenvalue weighted by molar-refractivity contribution is 5.93. The zero-order chi connectivity index (χ0) is 10.0. The molecule has 3 N–H and O–H groups in total. The highest BCUT2D eigenvalue weighted by atomic mass is 16.3. The first kappa shape index (κ1) is 9.38. The zero-order valence-corrected chi connectivity index (χ0v) is 7.57. The van der Waals surface area contributed by atoms with E-state index in [9.17, 15) is 5.11 Å². The molecule has 0 heterocycles. The minimum absolute atomic E-state index is 0.153. The minimum atomic E-state index is -0.175. The Morgan fingerprint density at radius 2 is 1.92 bits per heavy atom. The zero-order valence-electron chi connectivity index (χ0n) is 7.57. The quantitative estimate of drug-likeness (QED) is 0.349. The van der Waals surface area contributed by atoms with Gasteiger partial charge in [-0.25, -0.2) is 0 Å². The van der Waals surface area contributed by atoms with Crippen LogP contribution in [0.4, 0.5) is 5.69 Å². The fourth-order valence-corrected chi connectivity index (χ4v) is 0.914. The van der Waals surface area contributed by atoms with Crippen molar-refractivity contribution in [3.63, 3.8) is 0 Å². The van der Waals surface area contributed by atoms with E-state index < -0.39 is 0 Å². The molecule has 0 radical (unpaired) electrons. The molecule has 0 atom stereocenters. The second-order valence-electron chi connectivity index (χ2n) is 2.82. The maximum absolute atomic E-state index is 9.18. The molecule has 0 fully saturated rings. The van der Waals surface area contributed by atoms with Crippen LogP contribution in [0.5, 0.6) is 11.5 Å². The van der Waals surface area contributed by atoms with E-state index in [1.54, 1.807) is 24.9 Å². The normalized spacial score (nSPS) is 9.69. The molecule has 0 amide bonds. The molecule has 0 aliphatic carbocycles. The Hall–Kier alpha value is -1.71. The molecule has 1 aromatic rings. The lowest BCUT2D eigenvalue weighted by atomic mass is 10.2. The Labute approximate surface area is 76.6 Å². The molecule has 0 bridgehead atoms. The Kier molecular flexibility index (Phi) is 2.41. The van der Waals surface area contributed by atoms with Gasteiger partial charge in [0.2, 0.25) is 0 Å². The maximum atomic E-state index is 9.18. The van der Waals surface area contributed by atoms with E-state index in [0.29, 0.717) is 11.5 Å². The van der Waals surface area contributed by atoms with Crippen LogP contribution in [0, 0.1) is 5.41 Å². The van der Waals surface area contributed by atoms with Crippen LogP contribution in [0.25, 0.3) is 0 Å². The fraction of sp³-hybridized carbons (Fsp3) is 0.222. The first-order valence-corrected chi connectivity index (χ1v) is 3.83. The third-order valence-electron chi connectivity index (χ3n) is 1.85. The smallest absolute Gasteiger partial charge is 0.159 e. The molecule has 0 aromatic heterocycles. The molecule has 0 aliphatic heterocycles. The molecule has 4 heteroatoms. The average Bonchev–Trinajstić information content (AvgIpc) is 2.08. The highest BCUT2D eigenvalue weighted by Gasteiger charge is 2.05. The van der Waals surface area contributed by atoms with Crippen molar-refractivity contribution >= 4 is 11.5 Å². The number of anilines is 1. The lowest BCUT2D eigenvalue weighted by Gasteiger charge is -2.17. The average molecular weight is 180 g/mol. The maximum Gasteiger partial charge on any atom is 0.159 e. The number of amidine groups is 1. The van der Waals surface area contributed by atoms with Gasteiger partial charge >= 0.3 is 0 Å². The van der Waals surface area contributed by atoms with Crippen LogP contribution in [0.1, 0.15) is 6.92 Å². The van der Waals surface area contributed by atoms with Gasteiger partial charge in [-0.15, -0.1) is 0 Å². The number of nitrogens with one attached hydrogen (secondary N) is 1. The molecule has 70 valence electrons. The van der Waals surface area contributed by atoms with E-state index in [2.05, 4.69) is 0 Å². The molecule has 0 saturated heterocycles. The van der Waals surface area contributed by atoms with E-state index in [0.717, 1.165) is 0 Å². The second kappa shape index (κ2) is 3.35.